The van der Waals surface area contributed by atoms with Crippen molar-refractivity contribution in [2.24, 2.45) is 0 Å². The van der Waals surface area contributed by atoms with E-state index in [1.54, 1.807) is 24.7 Å². The molecule has 17 heavy (non-hydrogen) atoms. The quantitative estimate of drug-likeness (QED) is 0.807. The van der Waals surface area contributed by atoms with Crippen LogP contribution in [0.15, 0.2) is 36.8 Å². The first-order valence-electron chi connectivity index (χ1n) is 5.26. The summed E-state index contributed by atoms with van der Waals surface area (Å²) in [5, 5.41) is 8.69. The molecule has 0 aliphatic rings. The molecule has 1 heterocycles. The minimum absolute atomic E-state index is 0.217. The lowest BCUT2D eigenvalue weighted by atomic mass is 9.97. The van der Waals surface area contributed by atoms with Gasteiger partial charge in [0.25, 0.3) is 0 Å². The van der Waals surface area contributed by atoms with E-state index in [1.165, 1.54) is 0 Å². The summed E-state index contributed by atoms with van der Waals surface area (Å²) in [6.45, 7) is 0. The number of nitrogens with zero attached hydrogens (tertiary/aromatic N) is 2. The third kappa shape index (κ3) is 2.58. The van der Waals surface area contributed by atoms with Crippen molar-refractivity contribution in [3.05, 3.63) is 53.6 Å². The second-order valence-electron chi connectivity index (χ2n) is 3.76. The number of carbonyl (C=O) groups excluding carboxylic acids is 1. The molecule has 0 saturated carbocycles. The van der Waals surface area contributed by atoms with Crippen molar-refractivity contribution < 1.29 is 4.79 Å². The Hall–Kier alpha value is -2.41. The average molecular weight is 225 g/mol. The van der Waals surface area contributed by atoms with Gasteiger partial charge in [0.1, 0.15) is 6.29 Å². The van der Waals surface area contributed by atoms with Gasteiger partial charge in [-0.25, -0.2) is 4.98 Å². The Balaban J connectivity index is 2.14. The van der Waals surface area contributed by atoms with Crippen molar-refractivity contribution in [3.8, 4) is 6.07 Å². The number of nitrogens with one attached hydrogen (secondary N) is 1. The SMILES string of the molecule is N#Cc1ccc(CC(C=O)c2cnc[nH]2)cc1. The summed E-state index contributed by atoms with van der Waals surface area (Å²) in [5.74, 6) is -0.217. The summed E-state index contributed by atoms with van der Waals surface area (Å²) < 4.78 is 0. The second kappa shape index (κ2) is 5.08. The number of nitriles is 1. The Morgan fingerprint density at radius 2 is 2.18 bits per heavy atom. The van der Waals surface area contributed by atoms with Crippen LogP contribution >= 0.6 is 0 Å². The lowest BCUT2D eigenvalue weighted by molar-refractivity contribution is -0.109. The van der Waals surface area contributed by atoms with Gasteiger partial charge in [-0.3, -0.25) is 0 Å². The van der Waals surface area contributed by atoms with E-state index in [9.17, 15) is 4.79 Å². The molecule has 0 radical (unpaired) electrons. The summed E-state index contributed by atoms with van der Waals surface area (Å²) in [5.41, 5.74) is 2.46. The zero-order chi connectivity index (χ0) is 12.1. The number of benzene rings is 1. The van der Waals surface area contributed by atoms with Crippen LogP contribution in [0.2, 0.25) is 0 Å². The predicted molar refractivity (Wildman–Crippen MR) is 62.3 cm³/mol. The van der Waals surface area contributed by atoms with Crippen molar-refractivity contribution in [1.82, 2.24) is 9.97 Å². The van der Waals surface area contributed by atoms with E-state index < -0.39 is 0 Å². The maximum Gasteiger partial charge on any atom is 0.129 e. The summed E-state index contributed by atoms with van der Waals surface area (Å²) in [6, 6.07) is 9.30. The molecule has 0 saturated heterocycles. The minimum Gasteiger partial charge on any atom is -0.348 e. The van der Waals surface area contributed by atoms with Crippen LogP contribution < -0.4 is 0 Å². The van der Waals surface area contributed by atoms with Crippen LogP contribution in [0.4, 0.5) is 0 Å². The smallest absolute Gasteiger partial charge is 0.129 e. The highest BCUT2D eigenvalue weighted by Crippen LogP contribution is 2.16. The van der Waals surface area contributed by atoms with Gasteiger partial charge in [-0.05, 0) is 24.1 Å². The van der Waals surface area contributed by atoms with Crippen LogP contribution in [0.3, 0.4) is 0 Å². The largest absolute Gasteiger partial charge is 0.348 e. The molecule has 0 amide bonds. The molecule has 0 bridgehead atoms. The molecule has 1 aromatic carbocycles. The molecular weight excluding hydrogens is 214 g/mol. The Kier molecular flexibility index (Phi) is 3.31. The lowest BCUT2D eigenvalue weighted by Gasteiger charge is -2.07. The van der Waals surface area contributed by atoms with E-state index in [4.69, 9.17) is 5.26 Å². The topological polar surface area (TPSA) is 69.5 Å². The van der Waals surface area contributed by atoms with Gasteiger partial charge < -0.3 is 9.78 Å². The highest BCUT2D eigenvalue weighted by molar-refractivity contribution is 5.61. The summed E-state index contributed by atoms with van der Waals surface area (Å²) in [6.07, 6.45) is 4.73. The van der Waals surface area contributed by atoms with Gasteiger partial charge in [-0.2, -0.15) is 5.26 Å². The van der Waals surface area contributed by atoms with Crippen LogP contribution in [-0.4, -0.2) is 16.3 Å². The Morgan fingerprint density at radius 3 is 2.71 bits per heavy atom. The van der Waals surface area contributed by atoms with E-state index >= 15 is 0 Å². The van der Waals surface area contributed by atoms with Crippen molar-refractivity contribution in [1.29, 1.82) is 5.26 Å². The van der Waals surface area contributed by atoms with Gasteiger partial charge in [-0.1, -0.05) is 12.1 Å². The fraction of sp³-hybridized carbons (Fsp3) is 0.154. The van der Waals surface area contributed by atoms with Gasteiger partial charge in [0.15, 0.2) is 0 Å². The van der Waals surface area contributed by atoms with E-state index in [0.717, 1.165) is 17.5 Å². The summed E-state index contributed by atoms with van der Waals surface area (Å²) >= 11 is 0. The maximum atomic E-state index is 11.0. The molecule has 1 unspecified atom stereocenters. The van der Waals surface area contributed by atoms with E-state index in [0.29, 0.717) is 12.0 Å². The molecule has 1 aromatic heterocycles. The van der Waals surface area contributed by atoms with Crippen LogP contribution in [-0.2, 0) is 11.2 Å². The first kappa shape index (κ1) is 11.1. The van der Waals surface area contributed by atoms with Crippen LogP contribution in [0.5, 0.6) is 0 Å². The number of aldehydes is 1. The molecule has 84 valence electrons. The molecule has 0 aliphatic carbocycles. The Bertz CT molecular complexity index is 523. The minimum atomic E-state index is -0.217. The fourth-order valence-electron chi connectivity index (χ4n) is 1.67. The van der Waals surface area contributed by atoms with E-state index in [1.807, 2.05) is 12.1 Å². The van der Waals surface area contributed by atoms with E-state index in [2.05, 4.69) is 16.0 Å². The molecule has 0 fully saturated rings. The van der Waals surface area contributed by atoms with Gasteiger partial charge >= 0.3 is 0 Å². The van der Waals surface area contributed by atoms with Crippen LogP contribution in [0, 0.1) is 11.3 Å². The maximum absolute atomic E-state index is 11.0. The molecule has 1 N–H and O–H groups in total. The number of aromatic amines is 1. The molecule has 1 atom stereocenters. The first-order valence-corrected chi connectivity index (χ1v) is 5.26. The number of aromatic nitrogens is 2. The zero-order valence-electron chi connectivity index (χ0n) is 9.13. The lowest BCUT2D eigenvalue weighted by Crippen LogP contribution is -2.04. The van der Waals surface area contributed by atoms with Gasteiger partial charge in [0.2, 0.25) is 0 Å². The Labute approximate surface area is 98.9 Å². The number of carbonyl (C=O) groups is 1. The molecule has 2 aromatic rings. The van der Waals surface area contributed by atoms with Gasteiger partial charge in [0, 0.05) is 11.9 Å². The third-order valence-electron chi connectivity index (χ3n) is 2.62. The van der Waals surface area contributed by atoms with Crippen molar-refractivity contribution in [2.75, 3.05) is 0 Å². The van der Waals surface area contributed by atoms with Crippen molar-refractivity contribution >= 4 is 6.29 Å². The first-order chi connectivity index (χ1) is 8.33. The molecule has 0 spiro atoms. The summed E-state index contributed by atoms with van der Waals surface area (Å²) in [4.78, 5) is 17.9. The number of hydrogen-bond donors (Lipinski definition) is 1. The Morgan fingerprint density at radius 1 is 1.41 bits per heavy atom. The molecular formula is C13H11N3O. The molecule has 2 rings (SSSR count). The van der Waals surface area contributed by atoms with Gasteiger partial charge in [0.05, 0.1) is 23.9 Å². The molecule has 4 heteroatoms. The number of imidazole rings is 1. The van der Waals surface area contributed by atoms with Crippen LogP contribution in [0.25, 0.3) is 0 Å². The highest BCUT2D eigenvalue weighted by atomic mass is 16.1. The highest BCUT2D eigenvalue weighted by Gasteiger charge is 2.12. The fourth-order valence-corrected chi connectivity index (χ4v) is 1.67. The second-order valence-corrected chi connectivity index (χ2v) is 3.76. The normalized spacial score (nSPS) is 11.7. The molecule has 0 aliphatic heterocycles. The zero-order valence-corrected chi connectivity index (χ0v) is 9.13. The standard InChI is InChI=1S/C13H11N3O/c14-6-11-3-1-10(2-4-11)5-12(8-17)13-7-15-9-16-13/h1-4,7-9,12H,5H2,(H,15,16). The molecule has 4 nitrogen and oxygen atoms in total. The van der Waals surface area contributed by atoms with Crippen molar-refractivity contribution in [2.45, 2.75) is 12.3 Å². The number of hydrogen-bond acceptors (Lipinski definition) is 3. The number of H-pyrrole nitrogens is 1. The third-order valence-corrected chi connectivity index (χ3v) is 2.62. The van der Waals surface area contributed by atoms with Crippen LogP contribution in [0.1, 0.15) is 22.7 Å². The van der Waals surface area contributed by atoms with Gasteiger partial charge in [-0.15, -0.1) is 0 Å². The van der Waals surface area contributed by atoms with E-state index in [-0.39, 0.29) is 5.92 Å². The average Bonchev–Trinajstić information content (AvgIpc) is 2.90. The predicted octanol–water partition coefficient (Wildman–Crippen LogP) is 1.81. The number of rotatable bonds is 4. The van der Waals surface area contributed by atoms with Crippen molar-refractivity contribution in [3.63, 3.8) is 0 Å². The summed E-state index contributed by atoms with van der Waals surface area (Å²) in [7, 11) is 0. The monoisotopic (exact) mass is 225 g/mol.